The van der Waals surface area contributed by atoms with Crippen molar-refractivity contribution < 1.29 is 16.8 Å². The molecule has 7 nitrogen and oxygen atoms in total. The van der Waals surface area contributed by atoms with Gasteiger partial charge in [-0.15, -0.1) is 0 Å². The van der Waals surface area contributed by atoms with Gasteiger partial charge < -0.3 is 4.90 Å². The van der Waals surface area contributed by atoms with Crippen molar-refractivity contribution in [3.05, 3.63) is 54.1 Å². The zero-order valence-corrected chi connectivity index (χ0v) is 20.5. The lowest BCUT2D eigenvalue weighted by Gasteiger charge is -2.36. The number of nitrogens with one attached hydrogen (secondary N) is 1. The first-order valence-corrected chi connectivity index (χ1v) is 14.4. The lowest BCUT2D eigenvalue weighted by molar-refractivity contribution is 0.252. The van der Waals surface area contributed by atoms with Gasteiger partial charge in [-0.3, -0.25) is 4.90 Å². The molecule has 9 heteroatoms. The van der Waals surface area contributed by atoms with E-state index in [1.807, 2.05) is 6.07 Å². The maximum atomic E-state index is 12.3. The zero-order chi connectivity index (χ0) is 23.2. The van der Waals surface area contributed by atoms with Gasteiger partial charge in [-0.2, -0.15) is 0 Å². The monoisotopic (exact) mass is 479 g/mol. The van der Waals surface area contributed by atoms with E-state index in [9.17, 15) is 16.8 Å². The van der Waals surface area contributed by atoms with E-state index in [0.717, 1.165) is 70.2 Å². The van der Waals surface area contributed by atoms with E-state index in [1.165, 1.54) is 24.9 Å². The molecule has 0 bridgehead atoms. The number of benzene rings is 2. The molecule has 1 aliphatic heterocycles. The molecule has 3 rings (SSSR count). The average molecular weight is 480 g/mol. The topological polar surface area (TPSA) is 86.8 Å². The summed E-state index contributed by atoms with van der Waals surface area (Å²) in [5.41, 5.74) is 2.12. The first kappa shape index (κ1) is 24.7. The highest BCUT2D eigenvalue weighted by atomic mass is 32.2. The van der Waals surface area contributed by atoms with Crippen LogP contribution in [0.5, 0.6) is 0 Å². The van der Waals surface area contributed by atoms with E-state index in [1.54, 1.807) is 6.07 Å². The van der Waals surface area contributed by atoms with Gasteiger partial charge in [0, 0.05) is 38.1 Å². The number of nitrogens with zero attached hydrogens (tertiary/aromatic N) is 2. The summed E-state index contributed by atoms with van der Waals surface area (Å²) < 4.78 is 50.8. The minimum atomic E-state index is -3.85. The van der Waals surface area contributed by atoms with Crippen molar-refractivity contribution in [3.8, 4) is 0 Å². The van der Waals surface area contributed by atoms with Crippen molar-refractivity contribution in [2.45, 2.75) is 35.5 Å². The Kier molecular flexibility index (Phi) is 8.32. The molecular formula is C23H33N3O4S2. The fourth-order valence-electron chi connectivity index (χ4n) is 4.04. The number of sulfonamides is 1. The van der Waals surface area contributed by atoms with Gasteiger partial charge >= 0.3 is 0 Å². The first-order valence-electron chi connectivity index (χ1n) is 11.0. The predicted octanol–water partition coefficient (Wildman–Crippen LogP) is 2.53. The third-order valence-corrected chi connectivity index (χ3v) is 8.64. The van der Waals surface area contributed by atoms with Crippen LogP contribution < -0.4 is 9.62 Å². The summed E-state index contributed by atoms with van der Waals surface area (Å²) in [6.07, 6.45) is 4.81. The zero-order valence-electron chi connectivity index (χ0n) is 18.8. The Morgan fingerprint density at radius 3 is 2.16 bits per heavy atom. The number of hydrogen-bond donors (Lipinski definition) is 1. The van der Waals surface area contributed by atoms with Gasteiger partial charge in [0.1, 0.15) is 4.90 Å². The van der Waals surface area contributed by atoms with E-state index in [0.29, 0.717) is 0 Å². The van der Waals surface area contributed by atoms with Crippen LogP contribution in [0.4, 0.5) is 5.69 Å². The van der Waals surface area contributed by atoms with Crippen LogP contribution in [0.25, 0.3) is 0 Å². The molecule has 0 atom stereocenters. The maximum Gasteiger partial charge on any atom is 0.241 e. The summed E-state index contributed by atoms with van der Waals surface area (Å²) in [6.45, 7) is 5.27. The molecule has 176 valence electrons. The predicted molar refractivity (Wildman–Crippen MR) is 128 cm³/mol. The molecule has 0 radical (unpaired) electrons. The Balaban J connectivity index is 1.46. The number of para-hydroxylation sites is 1. The fraction of sp³-hybridized carbons (Fsp3) is 0.478. The molecule has 0 aromatic heterocycles. The van der Waals surface area contributed by atoms with Gasteiger partial charge in [-0.25, -0.2) is 21.6 Å². The average Bonchev–Trinajstić information content (AvgIpc) is 2.79. The molecule has 0 aliphatic carbocycles. The van der Waals surface area contributed by atoms with E-state index < -0.39 is 19.9 Å². The molecule has 2 aromatic carbocycles. The molecule has 1 saturated heterocycles. The van der Waals surface area contributed by atoms with Crippen molar-refractivity contribution in [2.75, 3.05) is 50.9 Å². The number of piperazine rings is 1. The van der Waals surface area contributed by atoms with Crippen LogP contribution in [0, 0.1) is 0 Å². The largest absolute Gasteiger partial charge is 0.369 e. The molecule has 1 heterocycles. The number of anilines is 1. The van der Waals surface area contributed by atoms with Gasteiger partial charge in [0.25, 0.3) is 0 Å². The van der Waals surface area contributed by atoms with Gasteiger partial charge in [-0.1, -0.05) is 30.7 Å². The minimum Gasteiger partial charge on any atom is -0.369 e. The normalized spacial score (nSPS) is 15.8. The number of unbranched alkanes of at least 4 members (excludes halogenated alkanes) is 2. The molecule has 32 heavy (non-hydrogen) atoms. The summed E-state index contributed by atoms with van der Waals surface area (Å²) in [4.78, 5) is 4.59. The molecule has 1 fully saturated rings. The second kappa shape index (κ2) is 10.8. The molecule has 1 aliphatic rings. The highest BCUT2D eigenvalue weighted by Gasteiger charge is 2.23. The molecular weight excluding hydrogens is 446 g/mol. The number of hydrogen-bond acceptors (Lipinski definition) is 6. The molecule has 0 saturated carbocycles. The Morgan fingerprint density at radius 2 is 1.53 bits per heavy atom. The minimum absolute atomic E-state index is 0.162. The van der Waals surface area contributed by atoms with Gasteiger partial charge in [0.2, 0.25) is 10.0 Å². The second-order valence-corrected chi connectivity index (χ2v) is 12.1. The summed E-state index contributed by atoms with van der Waals surface area (Å²) in [6, 6.07) is 15.1. The Bertz CT molecular complexity index is 1100. The van der Waals surface area contributed by atoms with Crippen molar-refractivity contribution in [3.63, 3.8) is 0 Å². The Hall–Kier alpha value is -1.94. The summed E-state index contributed by atoms with van der Waals surface area (Å²) >= 11 is 0. The lowest BCUT2D eigenvalue weighted by atomic mass is 10.1. The summed E-state index contributed by atoms with van der Waals surface area (Å²) in [5, 5.41) is 0. The highest BCUT2D eigenvalue weighted by Crippen LogP contribution is 2.23. The maximum absolute atomic E-state index is 12.3. The van der Waals surface area contributed by atoms with E-state index in [4.69, 9.17) is 0 Å². The third kappa shape index (κ3) is 6.54. The van der Waals surface area contributed by atoms with Gasteiger partial charge in [-0.05, 0) is 62.7 Å². The lowest BCUT2D eigenvalue weighted by Crippen LogP contribution is -2.46. The van der Waals surface area contributed by atoms with Crippen LogP contribution in [0.1, 0.15) is 24.8 Å². The van der Waals surface area contributed by atoms with E-state index in [-0.39, 0.29) is 9.79 Å². The number of sulfone groups is 1. The quantitative estimate of drug-likeness (QED) is 0.527. The van der Waals surface area contributed by atoms with Crippen LogP contribution in [-0.2, 0) is 26.3 Å². The van der Waals surface area contributed by atoms with E-state index in [2.05, 4.69) is 38.8 Å². The SMILES string of the molecule is CNS(=O)(=O)c1cc(CCCCCN2CCN(c3ccccc3)CC2)ccc1S(C)(=O)=O. The van der Waals surface area contributed by atoms with Crippen LogP contribution >= 0.6 is 0 Å². The standard InChI is InChI=1S/C23H33N3O4S2/c1-24-32(29,30)23-19-20(12-13-22(23)31(2,27)28)9-5-4-8-14-25-15-17-26(18-16-25)21-10-6-3-7-11-21/h3,6-7,10-13,19,24H,4-5,8-9,14-18H2,1-2H3. The first-order chi connectivity index (χ1) is 15.2. The molecule has 2 aromatic rings. The van der Waals surface area contributed by atoms with Gasteiger partial charge in [0.15, 0.2) is 9.84 Å². The van der Waals surface area contributed by atoms with Crippen molar-refractivity contribution in [2.24, 2.45) is 0 Å². The van der Waals surface area contributed by atoms with Crippen LogP contribution in [0.15, 0.2) is 58.3 Å². The van der Waals surface area contributed by atoms with Crippen LogP contribution in [-0.4, -0.2) is 67.8 Å². The highest BCUT2D eigenvalue weighted by molar-refractivity contribution is 7.93. The molecule has 0 amide bonds. The Morgan fingerprint density at radius 1 is 0.844 bits per heavy atom. The summed E-state index contributed by atoms with van der Waals surface area (Å²) in [7, 11) is -6.20. The van der Waals surface area contributed by atoms with Crippen molar-refractivity contribution in [1.82, 2.24) is 9.62 Å². The third-order valence-electron chi connectivity index (χ3n) is 5.90. The molecule has 1 N–H and O–H groups in total. The second-order valence-electron chi connectivity index (χ2n) is 8.24. The van der Waals surface area contributed by atoms with Crippen LogP contribution in [0.3, 0.4) is 0 Å². The smallest absolute Gasteiger partial charge is 0.241 e. The van der Waals surface area contributed by atoms with Crippen LogP contribution in [0.2, 0.25) is 0 Å². The Labute approximate surface area is 192 Å². The van der Waals surface area contributed by atoms with E-state index >= 15 is 0 Å². The van der Waals surface area contributed by atoms with Crippen molar-refractivity contribution in [1.29, 1.82) is 0 Å². The van der Waals surface area contributed by atoms with Crippen molar-refractivity contribution >= 4 is 25.5 Å². The fourth-order valence-corrected chi connectivity index (χ4v) is 6.43. The number of aryl methyl sites for hydroxylation is 1. The summed E-state index contributed by atoms with van der Waals surface area (Å²) in [5.74, 6) is 0. The molecule has 0 spiro atoms. The van der Waals surface area contributed by atoms with Gasteiger partial charge in [0.05, 0.1) is 4.90 Å². The molecule has 0 unspecified atom stereocenters. The number of rotatable bonds is 10.